The largest absolute Gasteiger partial charge is 0.444 e. The fourth-order valence-electron chi connectivity index (χ4n) is 4.46. The zero-order valence-electron chi connectivity index (χ0n) is 22.1. The van der Waals surface area contributed by atoms with Crippen molar-refractivity contribution in [2.75, 3.05) is 18.8 Å². The summed E-state index contributed by atoms with van der Waals surface area (Å²) in [6.45, 7) is 8.16. The van der Waals surface area contributed by atoms with Crippen LogP contribution in [0.15, 0.2) is 36.8 Å². The minimum absolute atomic E-state index is 0.116. The average Bonchev–Trinajstić information content (AvgIpc) is 3.57. The second kappa shape index (κ2) is 10.0. The predicted octanol–water partition coefficient (Wildman–Crippen LogP) is 4.33. The lowest BCUT2D eigenvalue weighted by Crippen LogP contribution is -2.42. The molecule has 39 heavy (non-hydrogen) atoms. The molecule has 5 rings (SSSR count). The second-order valence-corrected chi connectivity index (χ2v) is 10.5. The Balaban J connectivity index is 1.37. The van der Waals surface area contributed by atoms with Crippen molar-refractivity contribution >= 4 is 11.9 Å². The van der Waals surface area contributed by atoms with E-state index in [9.17, 15) is 13.6 Å². The van der Waals surface area contributed by atoms with Crippen molar-refractivity contribution in [1.82, 2.24) is 39.9 Å². The first-order chi connectivity index (χ1) is 18.5. The van der Waals surface area contributed by atoms with Gasteiger partial charge in [-0.15, -0.1) is 5.10 Å². The molecule has 0 aliphatic carbocycles. The van der Waals surface area contributed by atoms with E-state index in [1.807, 2.05) is 31.6 Å². The number of halogens is 2. The number of aromatic nitrogens is 7. The van der Waals surface area contributed by atoms with E-state index in [4.69, 9.17) is 10.5 Å². The molecule has 0 saturated carbocycles. The molecule has 1 fully saturated rings. The van der Waals surface area contributed by atoms with Crippen LogP contribution in [0.3, 0.4) is 0 Å². The Morgan fingerprint density at radius 2 is 1.85 bits per heavy atom. The number of likely N-dealkylation sites (tertiary alicyclic amines) is 1. The fourth-order valence-corrected chi connectivity index (χ4v) is 4.46. The Morgan fingerprint density at radius 1 is 1.10 bits per heavy atom. The molecule has 1 aliphatic rings. The first kappa shape index (κ1) is 26.2. The smallest absolute Gasteiger partial charge is 0.410 e. The van der Waals surface area contributed by atoms with Gasteiger partial charge in [0.25, 0.3) is 0 Å². The third-order valence-corrected chi connectivity index (χ3v) is 6.54. The van der Waals surface area contributed by atoms with E-state index in [2.05, 4.69) is 25.6 Å². The molecule has 11 nitrogen and oxygen atoms in total. The Bertz CT molecular complexity index is 1520. The van der Waals surface area contributed by atoms with E-state index in [0.717, 1.165) is 23.1 Å². The lowest BCUT2D eigenvalue weighted by atomic mass is 10.1. The number of hydrogen-bond acceptors (Lipinski definition) is 8. The van der Waals surface area contributed by atoms with E-state index >= 15 is 0 Å². The summed E-state index contributed by atoms with van der Waals surface area (Å²) >= 11 is 0. The van der Waals surface area contributed by atoms with Crippen LogP contribution in [0.2, 0.25) is 0 Å². The van der Waals surface area contributed by atoms with Gasteiger partial charge in [0.1, 0.15) is 17.1 Å². The Hall–Kier alpha value is -4.42. The molecule has 1 amide bonds. The van der Waals surface area contributed by atoms with Gasteiger partial charge < -0.3 is 15.4 Å². The van der Waals surface area contributed by atoms with Crippen LogP contribution in [0, 0.1) is 18.6 Å². The Kier molecular flexibility index (Phi) is 6.74. The quantitative estimate of drug-likeness (QED) is 0.407. The number of nitrogen functional groups attached to an aromatic ring is 1. The summed E-state index contributed by atoms with van der Waals surface area (Å²) in [5, 5.41) is 16.0. The molecule has 0 bridgehead atoms. The van der Waals surface area contributed by atoms with Gasteiger partial charge in [0.05, 0.1) is 17.8 Å². The van der Waals surface area contributed by atoms with E-state index in [-0.39, 0.29) is 35.0 Å². The maximum atomic E-state index is 14.7. The fraction of sp³-hybridized carbons (Fsp3) is 0.385. The third-order valence-electron chi connectivity index (χ3n) is 6.54. The molecule has 2 N–H and O–H groups in total. The molecular weight excluding hydrogens is 508 g/mol. The molecule has 3 aromatic heterocycles. The standard InChI is InChI=1S/C26H29F2N9O2/c1-15-5-6-20(22(28)21(15)27)37-24(32-33-34-37)19-11-16(12-30-23(19)29)17-13-31-36(14-17)18-7-9-35(10-8-18)25(38)39-26(2,3)4/h5-6,11-14,18H,7-10H2,1-4H3,(H2,29,30). The van der Waals surface area contributed by atoms with Crippen molar-refractivity contribution in [1.29, 1.82) is 0 Å². The Morgan fingerprint density at radius 3 is 2.56 bits per heavy atom. The Labute approximate surface area is 223 Å². The first-order valence-electron chi connectivity index (χ1n) is 12.5. The summed E-state index contributed by atoms with van der Waals surface area (Å²) in [5.74, 6) is -1.79. The predicted molar refractivity (Wildman–Crippen MR) is 139 cm³/mol. The van der Waals surface area contributed by atoms with Gasteiger partial charge in [0.15, 0.2) is 17.5 Å². The summed E-state index contributed by atoms with van der Waals surface area (Å²) < 4.78 is 37.4. The van der Waals surface area contributed by atoms with Crippen LogP contribution in [0.1, 0.15) is 45.2 Å². The van der Waals surface area contributed by atoms with Gasteiger partial charge in [0, 0.05) is 36.6 Å². The van der Waals surface area contributed by atoms with E-state index in [1.54, 1.807) is 23.4 Å². The number of aryl methyl sites for hydroxylation is 1. The maximum absolute atomic E-state index is 14.7. The number of ether oxygens (including phenoxy) is 1. The summed E-state index contributed by atoms with van der Waals surface area (Å²) in [4.78, 5) is 18.4. The van der Waals surface area contributed by atoms with Gasteiger partial charge >= 0.3 is 6.09 Å². The SMILES string of the molecule is Cc1ccc(-n2nnnc2-c2cc(-c3cnn(C4CCN(C(=O)OC(C)(C)C)CC4)c3)cnc2N)c(F)c1F. The summed E-state index contributed by atoms with van der Waals surface area (Å²) in [6.07, 6.45) is 6.39. The summed E-state index contributed by atoms with van der Waals surface area (Å²) in [5.41, 5.74) is 7.47. The number of amides is 1. The van der Waals surface area contributed by atoms with Crippen molar-refractivity contribution in [3.63, 3.8) is 0 Å². The van der Waals surface area contributed by atoms with E-state index in [1.165, 1.54) is 19.1 Å². The number of anilines is 1. The highest BCUT2D eigenvalue weighted by Gasteiger charge is 2.28. The number of carbonyl (C=O) groups is 1. The lowest BCUT2D eigenvalue weighted by Gasteiger charge is -2.33. The average molecular weight is 538 g/mol. The highest BCUT2D eigenvalue weighted by molar-refractivity contribution is 5.76. The highest BCUT2D eigenvalue weighted by atomic mass is 19.2. The van der Waals surface area contributed by atoms with Crippen LogP contribution < -0.4 is 5.73 Å². The van der Waals surface area contributed by atoms with Crippen molar-refractivity contribution < 1.29 is 18.3 Å². The van der Waals surface area contributed by atoms with Gasteiger partial charge in [-0.2, -0.15) is 9.78 Å². The zero-order chi connectivity index (χ0) is 27.9. The van der Waals surface area contributed by atoms with Crippen molar-refractivity contribution in [3.05, 3.63) is 54.0 Å². The van der Waals surface area contributed by atoms with E-state index < -0.39 is 17.2 Å². The van der Waals surface area contributed by atoms with Crippen LogP contribution >= 0.6 is 0 Å². The van der Waals surface area contributed by atoms with Gasteiger partial charge in [-0.05, 0) is 68.7 Å². The molecule has 0 radical (unpaired) electrons. The number of pyridine rings is 1. The molecule has 0 spiro atoms. The topological polar surface area (TPSA) is 130 Å². The van der Waals surface area contributed by atoms with Crippen LogP contribution in [-0.2, 0) is 4.74 Å². The first-order valence-corrected chi connectivity index (χ1v) is 12.5. The zero-order valence-corrected chi connectivity index (χ0v) is 22.1. The molecule has 1 aromatic carbocycles. The minimum Gasteiger partial charge on any atom is -0.444 e. The summed E-state index contributed by atoms with van der Waals surface area (Å²) in [6, 6.07) is 4.70. The molecule has 4 aromatic rings. The molecular formula is C26H29F2N9O2. The number of nitrogens with two attached hydrogens (primary N) is 1. The molecule has 0 atom stereocenters. The summed E-state index contributed by atoms with van der Waals surface area (Å²) in [7, 11) is 0. The van der Waals surface area contributed by atoms with E-state index in [0.29, 0.717) is 24.2 Å². The molecule has 1 aliphatic heterocycles. The number of nitrogens with zero attached hydrogens (tertiary/aromatic N) is 8. The van der Waals surface area contributed by atoms with Crippen LogP contribution in [0.4, 0.5) is 19.4 Å². The van der Waals surface area contributed by atoms with Crippen molar-refractivity contribution in [2.45, 2.75) is 52.2 Å². The molecule has 204 valence electrons. The van der Waals surface area contributed by atoms with Crippen LogP contribution in [0.25, 0.3) is 28.2 Å². The number of piperidine rings is 1. The molecule has 1 saturated heterocycles. The third kappa shape index (κ3) is 5.29. The number of rotatable bonds is 4. The second-order valence-electron chi connectivity index (χ2n) is 10.5. The van der Waals surface area contributed by atoms with Gasteiger partial charge in [-0.25, -0.2) is 18.6 Å². The number of benzene rings is 1. The van der Waals surface area contributed by atoms with Crippen molar-refractivity contribution in [3.8, 4) is 28.2 Å². The minimum atomic E-state index is -1.06. The van der Waals surface area contributed by atoms with Crippen LogP contribution in [-0.4, -0.2) is 64.7 Å². The highest BCUT2D eigenvalue weighted by Crippen LogP contribution is 2.31. The molecule has 0 unspecified atom stereocenters. The van der Waals surface area contributed by atoms with Gasteiger partial charge in [0.2, 0.25) is 0 Å². The molecule has 4 heterocycles. The number of carbonyl (C=O) groups excluding carboxylic acids is 1. The van der Waals surface area contributed by atoms with Crippen LogP contribution in [0.5, 0.6) is 0 Å². The maximum Gasteiger partial charge on any atom is 0.410 e. The van der Waals surface area contributed by atoms with Gasteiger partial charge in [-0.1, -0.05) is 6.07 Å². The van der Waals surface area contributed by atoms with Gasteiger partial charge in [-0.3, -0.25) is 4.68 Å². The lowest BCUT2D eigenvalue weighted by molar-refractivity contribution is 0.0185. The number of tetrazole rings is 1. The monoisotopic (exact) mass is 537 g/mol. The number of hydrogen-bond donors (Lipinski definition) is 1. The molecule has 13 heteroatoms. The normalized spacial score (nSPS) is 14.6. The van der Waals surface area contributed by atoms with Crippen molar-refractivity contribution in [2.24, 2.45) is 0 Å².